The summed E-state index contributed by atoms with van der Waals surface area (Å²) >= 11 is 0. The summed E-state index contributed by atoms with van der Waals surface area (Å²) in [7, 11) is 0. The van der Waals surface area contributed by atoms with Gasteiger partial charge in [0.15, 0.2) is 0 Å². The third-order valence-corrected chi connectivity index (χ3v) is 3.48. The molecule has 122 valence electrons. The van der Waals surface area contributed by atoms with E-state index in [1.807, 2.05) is 6.07 Å². The molecule has 0 spiro atoms. The lowest BCUT2D eigenvalue weighted by Gasteiger charge is -2.09. The summed E-state index contributed by atoms with van der Waals surface area (Å²) in [5.74, 6) is -1.67. The standard InChI is InChI=1S/C18H13NO4.ClH/c20-16-10-11-6-7-12(18(22)23)8-13(11)9-15(16)17(21)19-14-4-2-1-3-5-14;/h1-10,20H,(H,19,21)(H,22,23);1H. The second kappa shape index (κ2) is 7.02. The van der Waals surface area contributed by atoms with E-state index in [2.05, 4.69) is 5.32 Å². The van der Waals surface area contributed by atoms with E-state index < -0.39 is 11.9 Å². The van der Waals surface area contributed by atoms with Gasteiger partial charge in [-0.25, -0.2) is 4.79 Å². The van der Waals surface area contributed by atoms with Gasteiger partial charge in [0.25, 0.3) is 5.91 Å². The first-order valence-electron chi connectivity index (χ1n) is 6.91. The minimum Gasteiger partial charge on any atom is -0.507 e. The number of rotatable bonds is 3. The Labute approximate surface area is 144 Å². The van der Waals surface area contributed by atoms with Crippen LogP contribution in [0.25, 0.3) is 10.8 Å². The maximum atomic E-state index is 12.3. The number of aromatic hydroxyl groups is 1. The number of amides is 1. The molecule has 0 heterocycles. The first-order valence-corrected chi connectivity index (χ1v) is 6.91. The molecule has 0 fully saturated rings. The molecule has 0 bridgehead atoms. The fourth-order valence-corrected chi connectivity index (χ4v) is 2.32. The van der Waals surface area contributed by atoms with Gasteiger partial charge < -0.3 is 15.5 Å². The Bertz CT molecular complexity index is 910. The smallest absolute Gasteiger partial charge is 0.335 e. The minimum absolute atomic E-state index is 0. The average Bonchev–Trinajstić information content (AvgIpc) is 2.54. The van der Waals surface area contributed by atoms with Crippen molar-refractivity contribution in [2.45, 2.75) is 0 Å². The molecule has 0 aliphatic rings. The molecule has 0 saturated carbocycles. The second-order valence-corrected chi connectivity index (χ2v) is 5.06. The predicted octanol–water partition coefficient (Wildman–Crippen LogP) is 3.92. The zero-order valence-corrected chi connectivity index (χ0v) is 13.2. The molecule has 5 nitrogen and oxygen atoms in total. The van der Waals surface area contributed by atoms with Crippen molar-refractivity contribution in [2.24, 2.45) is 0 Å². The molecule has 3 N–H and O–H groups in total. The third-order valence-electron chi connectivity index (χ3n) is 3.48. The van der Waals surface area contributed by atoms with Crippen LogP contribution in [0.15, 0.2) is 60.7 Å². The maximum absolute atomic E-state index is 12.3. The van der Waals surface area contributed by atoms with E-state index in [-0.39, 0.29) is 29.3 Å². The number of carboxylic acids is 1. The van der Waals surface area contributed by atoms with E-state index in [9.17, 15) is 14.7 Å². The summed E-state index contributed by atoms with van der Waals surface area (Å²) in [4.78, 5) is 23.4. The van der Waals surface area contributed by atoms with Crippen molar-refractivity contribution >= 4 is 40.7 Å². The van der Waals surface area contributed by atoms with Crippen LogP contribution in [0.5, 0.6) is 5.75 Å². The van der Waals surface area contributed by atoms with Gasteiger partial charge in [-0.1, -0.05) is 24.3 Å². The molecule has 6 heteroatoms. The molecule has 0 radical (unpaired) electrons. The van der Waals surface area contributed by atoms with Crippen LogP contribution < -0.4 is 5.32 Å². The number of hydrogen-bond acceptors (Lipinski definition) is 3. The number of para-hydroxylation sites is 1. The van der Waals surface area contributed by atoms with Gasteiger partial charge in [0, 0.05) is 5.69 Å². The number of nitrogens with one attached hydrogen (secondary N) is 1. The summed E-state index contributed by atoms with van der Waals surface area (Å²) in [6, 6.07) is 16.3. The number of aromatic carboxylic acids is 1. The fourth-order valence-electron chi connectivity index (χ4n) is 2.32. The Balaban J connectivity index is 0.00000208. The fraction of sp³-hybridized carbons (Fsp3) is 0. The van der Waals surface area contributed by atoms with Crippen LogP contribution in [-0.2, 0) is 0 Å². The van der Waals surface area contributed by atoms with Crippen molar-refractivity contribution in [3.8, 4) is 5.75 Å². The lowest BCUT2D eigenvalue weighted by atomic mass is 10.0. The minimum atomic E-state index is -1.05. The average molecular weight is 344 g/mol. The van der Waals surface area contributed by atoms with E-state index in [4.69, 9.17) is 5.11 Å². The van der Waals surface area contributed by atoms with Crippen LogP contribution in [0.2, 0.25) is 0 Å². The number of fused-ring (bicyclic) bond motifs is 1. The van der Waals surface area contributed by atoms with E-state index in [1.165, 1.54) is 24.3 Å². The number of benzene rings is 3. The van der Waals surface area contributed by atoms with Crippen molar-refractivity contribution in [2.75, 3.05) is 5.32 Å². The largest absolute Gasteiger partial charge is 0.507 e. The van der Waals surface area contributed by atoms with Gasteiger partial charge in [0.2, 0.25) is 0 Å². The van der Waals surface area contributed by atoms with Gasteiger partial charge in [0.1, 0.15) is 5.75 Å². The number of phenols is 1. The lowest BCUT2D eigenvalue weighted by molar-refractivity contribution is 0.0697. The monoisotopic (exact) mass is 343 g/mol. The van der Waals surface area contributed by atoms with Crippen molar-refractivity contribution in [1.82, 2.24) is 0 Å². The first-order chi connectivity index (χ1) is 11.0. The van der Waals surface area contributed by atoms with Crippen molar-refractivity contribution in [3.63, 3.8) is 0 Å². The number of carbonyl (C=O) groups is 2. The SMILES string of the molecule is Cl.O=C(O)c1ccc2cc(O)c(C(=O)Nc3ccccc3)cc2c1. The number of anilines is 1. The molecular formula is C18H14ClNO4. The van der Waals surface area contributed by atoms with E-state index >= 15 is 0 Å². The highest BCUT2D eigenvalue weighted by atomic mass is 35.5. The molecule has 0 atom stereocenters. The normalized spacial score (nSPS) is 10.0. The maximum Gasteiger partial charge on any atom is 0.335 e. The quantitative estimate of drug-likeness (QED) is 0.672. The highest BCUT2D eigenvalue weighted by molar-refractivity contribution is 6.09. The molecule has 3 rings (SSSR count). The number of hydrogen-bond donors (Lipinski definition) is 3. The molecular weight excluding hydrogens is 330 g/mol. The summed E-state index contributed by atoms with van der Waals surface area (Å²) in [6.45, 7) is 0. The molecule has 0 aliphatic carbocycles. The zero-order valence-electron chi connectivity index (χ0n) is 12.4. The molecule has 3 aromatic carbocycles. The third kappa shape index (κ3) is 3.47. The Hall–Kier alpha value is -3.05. The molecule has 0 aromatic heterocycles. The van der Waals surface area contributed by atoms with Gasteiger partial charge in [-0.15, -0.1) is 12.4 Å². The molecule has 3 aromatic rings. The van der Waals surface area contributed by atoms with Gasteiger partial charge in [-0.2, -0.15) is 0 Å². The van der Waals surface area contributed by atoms with Crippen LogP contribution in [0.3, 0.4) is 0 Å². The Morgan fingerprint density at radius 1 is 0.875 bits per heavy atom. The van der Waals surface area contributed by atoms with E-state index in [0.29, 0.717) is 16.5 Å². The van der Waals surface area contributed by atoms with Crippen molar-refractivity contribution in [1.29, 1.82) is 0 Å². The number of phenolic OH excluding ortho intramolecular Hbond substituents is 1. The molecule has 0 unspecified atom stereocenters. The van der Waals surface area contributed by atoms with Gasteiger partial charge in [-0.3, -0.25) is 4.79 Å². The number of carboxylic acid groups (broad SMARTS) is 1. The van der Waals surface area contributed by atoms with Gasteiger partial charge in [0.05, 0.1) is 11.1 Å². The van der Waals surface area contributed by atoms with Gasteiger partial charge in [-0.05, 0) is 47.2 Å². The highest BCUT2D eigenvalue weighted by Gasteiger charge is 2.14. The van der Waals surface area contributed by atoms with E-state index in [1.54, 1.807) is 30.3 Å². The Kier molecular flexibility index (Phi) is 5.06. The molecule has 1 amide bonds. The molecule has 0 saturated heterocycles. The number of halogens is 1. The summed E-state index contributed by atoms with van der Waals surface area (Å²) in [6.07, 6.45) is 0. The summed E-state index contributed by atoms with van der Waals surface area (Å²) in [5, 5.41) is 23.0. The Morgan fingerprint density at radius 3 is 2.25 bits per heavy atom. The van der Waals surface area contributed by atoms with Crippen LogP contribution in [0, 0.1) is 0 Å². The first kappa shape index (κ1) is 17.3. The zero-order chi connectivity index (χ0) is 16.4. The second-order valence-electron chi connectivity index (χ2n) is 5.06. The summed E-state index contributed by atoms with van der Waals surface area (Å²) in [5.41, 5.74) is 0.817. The van der Waals surface area contributed by atoms with Crippen molar-refractivity contribution in [3.05, 3.63) is 71.8 Å². The van der Waals surface area contributed by atoms with E-state index in [0.717, 1.165) is 0 Å². The lowest BCUT2D eigenvalue weighted by Crippen LogP contribution is -2.12. The summed E-state index contributed by atoms with van der Waals surface area (Å²) < 4.78 is 0. The van der Waals surface area contributed by atoms with Crippen LogP contribution in [0.4, 0.5) is 5.69 Å². The molecule has 0 aliphatic heterocycles. The van der Waals surface area contributed by atoms with Crippen LogP contribution in [0.1, 0.15) is 20.7 Å². The predicted molar refractivity (Wildman–Crippen MR) is 94.2 cm³/mol. The Morgan fingerprint density at radius 2 is 1.58 bits per heavy atom. The van der Waals surface area contributed by atoms with Crippen LogP contribution in [-0.4, -0.2) is 22.1 Å². The van der Waals surface area contributed by atoms with Gasteiger partial charge >= 0.3 is 5.97 Å². The highest BCUT2D eigenvalue weighted by Crippen LogP contribution is 2.26. The van der Waals surface area contributed by atoms with Crippen molar-refractivity contribution < 1.29 is 19.8 Å². The van der Waals surface area contributed by atoms with Crippen LogP contribution >= 0.6 is 12.4 Å². The number of carbonyl (C=O) groups excluding carboxylic acids is 1. The molecule has 24 heavy (non-hydrogen) atoms. The topological polar surface area (TPSA) is 86.6 Å².